The quantitative estimate of drug-likeness (QED) is 0.489. The van der Waals surface area contributed by atoms with Gasteiger partial charge in [0.05, 0.1) is 25.2 Å². The fourth-order valence-electron chi connectivity index (χ4n) is 2.49. The minimum absolute atomic E-state index is 0.172. The fraction of sp³-hybridized carbons (Fsp3) is 0.143. The summed E-state index contributed by atoms with van der Waals surface area (Å²) in [7, 11) is 1.46. The van der Waals surface area contributed by atoms with Crippen LogP contribution in [0.25, 0.3) is 11.3 Å². The van der Waals surface area contributed by atoms with Crippen molar-refractivity contribution in [3.8, 4) is 28.9 Å². The molecule has 0 N–H and O–H groups in total. The van der Waals surface area contributed by atoms with Gasteiger partial charge in [0.2, 0.25) is 0 Å². The number of aryl methyl sites for hydroxylation is 1. The molecule has 3 rings (SSSR count). The van der Waals surface area contributed by atoms with Gasteiger partial charge in [-0.15, -0.1) is 0 Å². The molecule has 0 atom stereocenters. The number of benzene rings is 2. The van der Waals surface area contributed by atoms with Gasteiger partial charge in [-0.2, -0.15) is 5.26 Å². The molecule has 0 saturated carbocycles. The van der Waals surface area contributed by atoms with Crippen LogP contribution in [0.4, 0.5) is 0 Å². The molecule has 0 saturated heterocycles. The van der Waals surface area contributed by atoms with Crippen molar-refractivity contribution in [3.63, 3.8) is 0 Å². The second kappa shape index (κ2) is 8.04. The highest BCUT2D eigenvalue weighted by Gasteiger charge is 2.12. The summed E-state index contributed by atoms with van der Waals surface area (Å²) in [6.45, 7) is 0. The summed E-state index contributed by atoms with van der Waals surface area (Å²) in [5.74, 6) is 1.73. The normalized spacial score (nSPS) is 10.2. The molecule has 0 aliphatic rings. The Kier molecular flexibility index (Phi) is 5.35. The lowest BCUT2D eigenvalue weighted by atomic mass is 10.2. The Morgan fingerprint density at radius 1 is 1.08 bits per heavy atom. The average molecular weight is 347 g/mol. The van der Waals surface area contributed by atoms with Gasteiger partial charge in [-0.1, -0.05) is 30.3 Å². The Hall–Kier alpha value is -3.52. The molecule has 0 radical (unpaired) electrons. The van der Waals surface area contributed by atoms with Gasteiger partial charge >= 0.3 is 5.97 Å². The van der Waals surface area contributed by atoms with Crippen LogP contribution >= 0.6 is 0 Å². The number of methoxy groups -OCH3 is 1. The highest BCUT2D eigenvalue weighted by atomic mass is 16.6. The average Bonchev–Trinajstić information content (AvgIpc) is 3.16. The Balaban J connectivity index is 1.60. The van der Waals surface area contributed by atoms with Crippen LogP contribution in [0.5, 0.6) is 11.5 Å². The van der Waals surface area contributed by atoms with E-state index in [9.17, 15) is 4.79 Å². The van der Waals surface area contributed by atoms with Gasteiger partial charge in [-0.05, 0) is 24.3 Å². The van der Waals surface area contributed by atoms with E-state index in [1.165, 1.54) is 13.2 Å². The molecule has 2 aromatic carbocycles. The summed E-state index contributed by atoms with van der Waals surface area (Å²) in [6, 6.07) is 20.2. The predicted molar refractivity (Wildman–Crippen MR) is 95.8 cm³/mol. The molecule has 0 fully saturated rings. The third-order valence-electron chi connectivity index (χ3n) is 3.81. The molecule has 5 nitrogen and oxygen atoms in total. The van der Waals surface area contributed by atoms with Crippen LogP contribution in [0.1, 0.15) is 17.7 Å². The molecule has 5 heteroatoms. The molecular weight excluding hydrogens is 330 g/mol. The van der Waals surface area contributed by atoms with E-state index in [4.69, 9.17) is 19.2 Å². The number of rotatable bonds is 6. The minimum atomic E-state index is -0.398. The number of hydrogen-bond acceptors (Lipinski definition) is 5. The van der Waals surface area contributed by atoms with E-state index in [-0.39, 0.29) is 6.42 Å². The molecule has 0 amide bonds. The van der Waals surface area contributed by atoms with Crippen LogP contribution in [0, 0.1) is 11.3 Å². The van der Waals surface area contributed by atoms with Gasteiger partial charge in [-0.3, -0.25) is 4.79 Å². The number of esters is 1. The second-order valence-electron chi connectivity index (χ2n) is 5.58. The van der Waals surface area contributed by atoms with Crippen molar-refractivity contribution >= 4 is 5.97 Å². The van der Waals surface area contributed by atoms with Crippen molar-refractivity contribution in [2.75, 3.05) is 7.11 Å². The van der Waals surface area contributed by atoms with Gasteiger partial charge in [0.25, 0.3) is 0 Å². The van der Waals surface area contributed by atoms with Crippen LogP contribution in [0.3, 0.4) is 0 Å². The number of nitrogens with zero attached hydrogens (tertiary/aromatic N) is 1. The topological polar surface area (TPSA) is 72.5 Å². The Morgan fingerprint density at radius 2 is 1.88 bits per heavy atom. The highest BCUT2D eigenvalue weighted by Crippen LogP contribution is 2.28. The summed E-state index contributed by atoms with van der Waals surface area (Å²) in [6.07, 6.45) is 0.606. The molecule has 0 spiro atoms. The molecule has 130 valence electrons. The summed E-state index contributed by atoms with van der Waals surface area (Å²) in [5.41, 5.74) is 1.43. The maximum absolute atomic E-state index is 12.1. The van der Waals surface area contributed by atoms with Crippen LogP contribution < -0.4 is 9.47 Å². The SMILES string of the molecule is COc1cc(C#N)ccc1OC(=O)CCc1ccc(-c2ccccc2)o1. The van der Waals surface area contributed by atoms with Crippen LogP contribution in [-0.2, 0) is 11.2 Å². The third kappa shape index (κ3) is 4.11. The van der Waals surface area contributed by atoms with Gasteiger partial charge in [0, 0.05) is 18.1 Å². The lowest BCUT2D eigenvalue weighted by molar-refractivity contribution is -0.134. The van der Waals surface area contributed by atoms with E-state index in [0.29, 0.717) is 29.2 Å². The summed E-state index contributed by atoms with van der Waals surface area (Å²) < 4.78 is 16.3. The number of furan rings is 1. The monoisotopic (exact) mass is 347 g/mol. The van der Waals surface area contributed by atoms with E-state index < -0.39 is 5.97 Å². The van der Waals surface area contributed by atoms with E-state index in [0.717, 1.165) is 11.3 Å². The first-order valence-electron chi connectivity index (χ1n) is 8.12. The van der Waals surface area contributed by atoms with Gasteiger partial charge in [-0.25, -0.2) is 0 Å². The molecule has 1 aromatic heterocycles. The zero-order valence-corrected chi connectivity index (χ0v) is 14.3. The van der Waals surface area contributed by atoms with Gasteiger partial charge < -0.3 is 13.9 Å². The second-order valence-corrected chi connectivity index (χ2v) is 5.58. The van der Waals surface area contributed by atoms with E-state index >= 15 is 0 Å². The van der Waals surface area contributed by atoms with E-state index in [2.05, 4.69) is 0 Å². The number of nitriles is 1. The fourth-order valence-corrected chi connectivity index (χ4v) is 2.49. The first-order valence-corrected chi connectivity index (χ1v) is 8.12. The standard InChI is InChI=1S/C21H17NO4/c1-24-20-13-15(14-22)7-10-19(20)26-21(23)12-9-17-8-11-18(25-17)16-5-3-2-4-6-16/h2-8,10-11,13H,9,12H2,1H3. The van der Waals surface area contributed by atoms with Crippen molar-refractivity contribution < 1.29 is 18.7 Å². The van der Waals surface area contributed by atoms with Gasteiger partial charge in [0.1, 0.15) is 11.5 Å². The van der Waals surface area contributed by atoms with Crippen molar-refractivity contribution in [3.05, 3.63) is 72.0 Å². The van der Waals surface area contributed by atoms with Crippen molar-refractivity contribution in [2.45, 2.75) is 12.8 Å². The predicted octanol–water partition coefficient (Wildman–Crippen LogP) is 4.37. The molecule has 0 unspecified atom stereocenters. The van der Waals surface area contributed by atoms with Crippen molar-refractivity contribution in [1.82, 2.24) is 0 Å². The van der Waals surface area contributed by atoms with Crippen LogP contribution in [0.15, 0.2) is 65.1 Å². The largest absolute Gasteiger partial charge is 0.493 e. The minimum Gasteiger partial charge on any atom is -0.493 e. The molecule has 1 heterocycles. The molecule has 0 aliphatic carbocycles. The van der Waals surface area contributed by atoms with E-state index in [1.54, 1.807) is 12.1 Å². The Labute approximate surface area is 151 Å². The lowest BCUT2D eigenvalue weighted by Gasteiger charge is -2.09. The molecular formula is C21H17NO4. The Bertz CT molecular complexity index is 938. The first-order chi connectivity index (χ1) is 12.7. The zero-order chi connectivity index (χ0) is 18.4. The number of ether oxygens (including phenoxy) is 2. The van der Waals surface area contributed by atoms with Crippen molar-refractivity contribution in [1.29, 1.82) is 5.26 Å². The van der Waals surface area contributed by atoms with E-state index in [1.807, 2.05) is 48.5 Å². The summed E-state index contributed by atoms with van der Waals surface area (Å²) in [4.78, 5) is 12.1. The van der Waals surface area contributed by atoms with Gasteiger partial charge in [0.15, 0.2) is 11.5 Å². The molecule has 3 aromatic rings. The van der Waals surface area contributed by atoms with Crippen LogP contribution in [0.2, 0.25) is 0 Å². The maximum Gasteiger partial charge on any atom is 0.311 e. The smallest absolute Gasteiger partial charge is 0.311 e. The maximum atomic E-state index is 12.1. The summed E-state index contributed by atoms with van der Waals surface area (Å²) >= 11 is 0. The molecule has 0 bridgehead atoms. The molecule has 26 heavy (non-hydrogen) atoms. The number of carbonyl (C=O) groups is 1. The molecule has 0 aliphatic heterocycles. The highest BCUT2D eigenvalue weighted by molar-refractivity contribution is 5.73. The van der Waals surface area contributed by atoms with Crippen molar-refractivity contribution in [2.24, 2.45) is 0 Å². The lowest BCUT2D eigenvalue weighted by Crippen LogP contribution is -2.09. The van der Waals surface area contributed by atoms with Crippen LogP contribution in [-0.4, -0.2) is 13.1 Å². The number of carbonyl (C=O) groups excluding carboxylic acids is 1. The zero-order valence-electron chi connectivity index (χ0n) is 14.3. The number of hydrogen-bond donors (Lipinski definition) is 0. The Morgan fingerprint density at radius 3 is 2.62 bits per heavy atom. The summed E-state index contributed by atoms with van der Waals surface area (Å²) in [5, 5.41) is 8.90. The first kappa shape index (κ1) is 17.3. The third-order valence-corrected chi connectivity index (χ3v) is 3.81.